The van der Waals surface area contributed by atoms with Crippen LogP contribution in [0.25, 0.3) is 0 Å². The maximum atomic E-state index is 13.5. The molecule has 3 N–H and O–H groups in total. The van der Waals surface area contributed by atoms with E-state index in [-0.39, 0.29) is 32.3 Å². The second-order valence-corrected chi connectivity index (χ2v) is 5.92. The van der Waals surface area contributed by atoms with Crippen molar-refractivity contribution in [3.05, 3.63) is 51.0 Å². The molecule has 2 rings (SSSR count). The number of para-hydroxylation sites is 1. The van der Waals surface area contributed by atoms with E-state index < -0.39 is 23.8 Å². The van der Waals surface area contributed by atoms with E-state index >= 15 is 0 Å². The maximum absolute atomic E-state index is 13.5. The lowest BCUT2D eigenvalue weighted by atomic mass is 10.2. The Labute approximate surface area is 157 Å². The molecule has 0 unspecified atom stereocenters. The highest BCUT2D eigenvalue weighted by molar-refractivity contribution is 6.46. The Kier molecular flexibility index (Phi) is 6.05. The zero-order valence-electron chi connectivity index (χ0n) is 12.6. The third-order valence-corrected chi connectivity index (χ3v) is 4.19. The zero-order valence-corrected chi connectivity index (χ0v) is 14.9. The van der Waals surface area contributed by atoms with Crippen molar-refractivity contribution >= 4 is 58.1 Å². The number of hydrogen-bond donors (Lipinski definition) is 2. The molecule has 0 radical (unpaired) electrons. The van der Waals surface area contributed by atoms with Crippen LogP contribution in [0.5, 0.6) is 0 Å². The highest BCUT2D eigenvalue weighted by Gasteiger charge is 2.25. The lowest BCUT2D eigenvalue weighted by Crippen LogP contribution is -2.30. The molecule has 0 aliphatic carbocycles. The van der Waals surface area contributed by atoms with Crippen molar-refractivity contribution < 1.29 is 18.7 Å². The van der Waals surface area contributed by atoms with E-state index in [1.165, 1.54) is 31.2 Å². The summed E-state index contributed by atoms with van der Waals surface area (Å²) in [6.45, 7) is 1.29. The molecule has 0 saturated heterocycles. The third kappa shape index (κ3) is 4.31. The molecule has 0 aliphatic rings. The van der Waals surface area contributed by atoms with Crippen molar-refractivity contribution in [1.82, 2.24) is 4.98 Å². The summed E-state index contributed by atoms with van der Waals surface area (Å²) < 4.78 is 18.5. The molecular weight excluding hydrogens is 396 g/mol. The average molecular weight is 407 g/mol. The third-order valence-electron chi connectivity index (χ3n) is 3.05. The number of nitrogens with two attached hydrogens (primary N) is 1. The largest absolute Gasteiger partial charge is 0.448 e. The summed E-state index contributed by atoms with van der Waals surface area (Å²) in [5, 5.41) is 1.71. The molecule has 0 saturated carbocycles. The van der Waals surface area contributed by atoms with E-state index in [1.54, 1.807) is 0 Å². The predicted molar refractivity (Wildman–Crippen MR) is 93.6 cm³/mol. The summed E-state index contributed by atoms with van der Waals surface area (Å²) in [4.78, 5) is 27.9. The number of aromatic nitrogens is 1. The fourth-order valence-electron chi connectivity index (χ4n) is 1.73. The number of nitrogens with one attached hydrogen (secondary N) is 1. The first-order valence-corrected chi connectivity index (χ1v) is 7.92. The van der Waals surface area contributed by atoms with Gasteiger partial charge in [0.1, 0.15) is 10.8 Å². The molecule has 25 heavy (non-hydrogen) atoms. The number of rotatable bonds is 4. The van der Waals surface area contributed by atoms with E-state index in [2.05, 4.69) is 10.3 Å². The van der Waals surface area contributed by atoms with E-state index in [4.69, 9.17) is 45.3 Å². The van der Waals surface area contributed by atoms with Crippen LogP contribution in [0.4, 0.5) is 15.8 Å². The van der Waals surface area contributed by atoms with Crippen LogP contribution in [0.15, 0.2) is 24.3 Å². The van der Waals surface area contributed by atoms with Gasteiger partial charge in [-0.15, -0.1) is 0 Å². The minimum absolute atomic E-state index is 0.0506. The summed E-state index contributed by atoms with van der Waals surface area (Å²) in [6.07, 6.45) is -1.26. The Bertz CT molecular complexity index is 848. The number of anilines is 2. The van der Waals surface area contributed by atoms with Gasteiger partial charge >= 0.3 is 5.97 Å². The number of hydrogen-bond acceptors (Lipinski definition) is 5. The fraction of sp³-hybridized carbons (Fsp3) is 0.133. The maximum Gasteiger partial charge on any atom is 0.359 e. The second-order valence-electron chi connectivity index (χ2n) is 4.81. The number of nitrogens with zero attached hydrogens (tertiary/aromatic N) is 1. The van der Waals surface area contributed by atoms with Gasteiger partial charge in [0.05, 0.1) is 16.4 Å². The van der Waals surface area contributed by atoms with Crippen LogP contribution in [0.3, 0.4) is 0 Å². The Balaban J connectivity index is 2.13. The normalized spacial score (nSPS) is 11.7. The van der Waals surface area contributed by atoms with E-state index in [0.717, 1.165) is 0 Å². The number of carbonyl (C=O) groups excluding carboxylic acids is 2. The van der Waals surface area contributed by atoms with Gasteiger partial charge in [0.2, 0.25) is 0 Å². The van der Waals surface area contributed by atoms with Gasteiger partial charge in [0.15, 0.2) is 17.0 Å². The fourth-order valence-corrected chi connectivity index (χ4v) is 2.32. The number of amides is 1. The lowest BCUT2D eigenvalue weighted by Gasteiger charge is -2.15. The van der Waals surface area contributed by atoms with Gasteiger partial charge in [-0.25, -0.2) is 14.2 Å². The monoisotopic (exact) mass is 405 g/mol. The van der Waals surface area contributed by atoms with Crippen LogP contribution in [0.1, 0.15) is 17.4 Å². The van der Waals surface area contributed by atoms with Crippen LogP contribution >= 0.6 is 34.8 Å². The first-order chi connectivity index (χ1) is 11.7. The molecule has 10 heteroatoms. The van der Waals surface area contributed by atoms with Crippen molar-refractivity contribution in [2.75, 3.05) is 11.1 Å². The average Bonchev–Trinajstić information content (AvgIpc) is 2.58. The van der Waals surface area contributed by atoms with E-state index in [9.17, 15) is 14.0 Å². The van der Waals surface area contributed by atoms with Crippen LogP contribution in [0.2, 0.25) is 15.2 Å². The van der Waals surface area contributed by atoms with Gasteiger partial charge < -0.3 is 15.8 Å². The van der Waals surface area contributed by atoms with Gasteiger partial charge in [-0.05, 0) is 19.1 Å². The first kappa shape index (κ1) is 19.2. The number of halogens is 4. The van der Waals surface area contributed by atoms with Crippen LogP contribution in [-0.2, 0) is 9.53 Å². The van der Waals surface area contributed by atoms with Crippen molar-refractivity contribution in [2.24, 2.45) is 0 Å². The Morgan fingerprint density at radius 2 is 1.88 bits per heavy atom. The molecule has 0 spiro atoms. The zero-order chi connectivity index (χ0) is 18.7. The summed E-state index contributed by atoms with van der Waals surface area (Å²) in [6, 6.07) is 5.54. The molecule has 2 aromatic rings. The summed E-state index contributed by atoms with van der Waals surface area (Å²) in [5.41, 5.74) is 5.03. The molecule has 1 aromatic heterocycles. The Morgan fingerprint density at radius 1 is 1.24 bits per heavy atom. The topological polar surface area (TPSA) is 94.3 Å². The molecule has 6 nitrogen and oxygen atoms in total. The molecule has 1 atom stereocenters. The van der Waals surface area contributed by atoms with Crippen LogP contribution < -0.4 is 11.1 Å². The minimum Gasteiger partial charge on any atom is -0.448 e. The van der Waals surface area contributed by atoms with Gasteiger partial charge in [-0.2, -0.15) is 0 Å². The highest BCUT2D eigenvalue weighted by Crippen LogP contribution is 2.34. The number of ether oxygens (including phenoxy) is 1. The highest BCUT2D eigenvalue weighted by atomic mass is 35.5. The molecule has 0 fully saturated rings. The first-order valence-electron chi connectivity index (χ1n) is 6.78. The SMILES string of the molecule is C[C@H](OC(=O)c1nc(Cl)c(Cl)c(N)c1Cl)C(=O)Nc1ccccc1F. The standard InChI is InChI=1S/C15H11Cl3FN3O3/c1-6(14(23)21-8-5-3-2-4-7(8)19)25-15(24)12-9(16)11(20)10(17)13(18)22-12/h2-6H,1H3,(H2,20,22)(H,21,23)/t6-/m0/s1. The number of carbonyl (C=O) groups is 2. The Morgan fingerprint density at radius 3 is 2.52 bits per heavy atom. The number of benzene rings is 1. The van der Waals surface area contributed by atoms with Gasteiger partial charge in [0, 0.05) is 0 Å². The summed E-state index contributed by atoms with van der Waals surface area (Å²) in [5.74, 6) is -2.41. The molecule has 1 aromatic carbocycles. The number of esters is 1. The molecule has 1 heterocycles. The minimum atomic E-state index is -1.26. The quantitative estimate of drug-likeness (QED) is 0.592. The number of nitrogen functional groups attached to an aromatic ring is 1. The van der Waals surface area contributed by atoms with Crippen molar-refractivity contribution in [1.29, 1.82) is 0 Å². The van der Waals surface area contributed by atoms with Gasteiger partial charge in [0.25, 0.3) is 5.91 Å². The molecule has 0 aliphatic heterocycles. The van der Waals surface area contributed by atoms with Crippen molar-refractivity contribution in [2.45, 2.75) is 13.0 Å². The molecule has 132 valence electrons. The Hall–Kier alpha value is -2.09. The lowest BCUT2D eigenvalue weighted by molar-refractivity contribution is -0.123. The summed E-state index contributed by atoms with van der Waals surface area (Å²) >= 11 is 17.4. The van der Waals surface area contributed by atoms with Crippen molar-refractivity contribution in [3.63, 3.8) is 0 Å². The molecule has 1 amide bonds. The molecular formula is C15H11Cl3FN3O3. The van der Waals surface area contributed by atoms with E-state index in [1.807, 2.05) is 0 Å². The molecule has 0 bridgehead atoms. The predicted octanol–water partition coefficient (Wildman–Crippen LogP) is 3.95. The summed E-state index contributed by atoms with van der Waals surface area (Å²) in [7, 11) is 0. The van der Waals surface area contributed by atoms with Gasteiger partial charge in [-0.1, -0.05) is 46.9 Å². The number of pyridine rings is 1. The smallest absolute Gasteiger partial charge is 0.359 e. The van der Waals surface area contributed by atoms with Crippen molar-refractivity contribution in [3.8, 4) is 0 Å². The van der Waals surface area contributed by atoms with Crippen LogP contribution in [0, 0.1) is 5.82 Å². The van der Waals surface area contributed by atoms with Gasteiger partial charge in [-0.3, -0.25) is 4.79 Å². The van der Waals surface area contributed by atoms with E-state index in [0.29, 0.717) is 0 Å². The van der Waals surface area contributed by atoms with Crippen LogP contribution in [-0.4, -0.2) is 23.0 Å². The second kappa shape index (κ2) is 7.86.